The second-order valence-electron chi connectivity index (χ2n) is 15.4. The molecule has 3 aromatic carbocycles. The first-order chi connectivity index (χ1) is 29.5. The first-order valence-electron chi connectivity index (χ1n) is 20.2. The van der Waals surface area contributed by atoms with Crippen molar-refractivity contribution in [2.24, 2.45) is 0 Å². The molecule has 3 fully saturated rings. The molecule has 8 rings (SSSR count). The summed E-state index contributed by atoms with van der Waals surface area (Å²) in [5.74, 6) is -0.747. The molecule has 0 radical (unpaired) electrons. The van der Waals surface area contributed by atoms with Crippen LogP contribution in [-0.2, 0) is 36.3 Å². The summed E-state index contributed by atoms with van der Waals surface area (Å²) in [6.45, 7) is 6.04. The molecule has 61 heavy (non-hydrogen) atoms. The molecule has 16 nitrogen and oxygen atoms in total. The lowest BCUT2D eigenvalue weighted by Crippen LogP contribution is -2.53. The highest BCUT2D eigenvalue weighted by Crippen LogP contribution is 2.47. The van der Waals surface area contributed by atoms with Gasteiger partial charge in [-0.1, -0.05) is 29.8 Å². The quantitative estimate of drug-likeness (QED) is 0.115. The number of likely N-dealkylation sites (tertiary alicyclic amines) is 1. The van der Waals surface area contributed by atoms with Gasteiger partial charge in [0.1, 0.15) is 22.6 Å². The van der Waals surface area contributed by atoms with Crippen molar-refractivity contribution in [2.45, 2.75) is 50.9 Å². The molecule has 0 aliphatic carbocycles. The number of methoxy groups -OCH3 is 1. The third-order valence-corrected chi connectivity index (χ3v) is 14.1. The zero-order chi connectivity index (χ0) is 42.8. The Hall–Kier alpha value is -5.16. The van der Waals surface area contributed by atoms with Gasteiger partial charge in [-0.15, -0.1) is 0 Å². The Morgan fingerprint density at radius 1 is 0.918 bits per heavy atom. The first kappa shape index (κ1) is 42.5. The van der Waals surface area contributed by atoms with Crippen molar-refractivity contribution >= 4 is 71.1 Å². The first-order valence-corrected chi connectivity index (χ1v) is 22.1. The molecule has 322 valence electrons. The van der Waals surface area contributed by atoms with Crippen LogP contribution < -0.4 is 30.9 Å². The lowest BCUT2D eigenvalue weighted by atomic mass is 10.0. The number of fused-ring (bicyclic) bond motifs is 1. The van der Waals surface area contributed by atoms with Gasteiger partial charge in [0.05, 0.1) is 35.5 Å². The number of piperazine rings is 1. The number of anilines is 5. The van der Waals surface area contributed by atoms with Crippen LogP contribution in [0.15, 0.2) is 60.8 Å². The molecule has 4 aromatic rings. The lowest BCUT2D eigenvalue weighted by Gasteiger charge is -2.43. The molecule has 1 atom stereocenters. The third-order valence-electron chi connectivity index (χ3n) is 11.9. The SMILES string of the molecule is COc1cc(N2CCN(C3CCN(Cc4cc(F)c5c(c4)CN(C4CCC(=O)NC4=O)C5=O)CC3)CC2)ccc1Nc1ncc(Cl)c(Nc2ccccc2P(=O)(OC)OC)n1. The van der Waals surface area contributed by atoms with Gasteiger partial charge in [-0.05, 0) is 73.8 Å². The number of nitrogens with zero attached hydrogens (tertiary/aromatic N) is 6. The van der Waals surface area contributed by atoms with Crippen LogP contribution in [0.5, 0.6) is 5.75 Å². The van der Waals surface area contributed by atoms with E-state index in [9.17, 15) is 18.9 Å². The Morgan fingerprint density at radius 3 is 2.39 bits per heavy atom. The maximum atomic E-state index is 15.3. The Labute approximate surface area is 358 Å². The van der Waals surface area contributed by atoms with Crippen LogP contribution in [0.25, 0.3) is 0 Å². The second kappa shape index (κ2) is 18.1. The summed E-state index contributed by atoms with van der Waals surface area (Å²) in [7, 11) is 0.692. The normalized spacial score (nSPS) is 19.2. The van der Waals surface area contributed by atoms with E-state index < -0.39 is 31.3 Å². The predicted octanol–water partition coefficient (Wildman–Crippen LogP) is 5.42. The molecule has 0 saturated carbocycles. The second-order valence-corrected chi connectivity index (χ2v) is 18.1. The van der Waals surface area contributed by atoms with E-state index in [0.29, 0.717) is 46.4 Å². The van der Waals surface area contributed by atoms with Crippen molar-refractivity contribution in [3.8, 4) is 5.75 Å². The van der Waals surface area contributed by atoms with Crippen LogP contribution in [0.3, 0.4) is 0 Å². The summed E-state index contributed by atoms with van der Waals surface area (Å²) >= 11 is 6.48. The fourth-order valence-corrected chi connectivity index (χ4v) is 10.1. The Kier molecular flexibility index (Phi) is 12.6. The molecule has 1 unspecified atom stereocenters. The number of nitrogens with one attached hydrogen (secondary N) is 3. The number of benzene rings is 3. The number of amides is 3. The van der Waals surface area contributed by atoms with Gasteiger partial charge >= 0.3 is 7.60 Å². The minimum Gasteiger partial charge on any atom is -0.494 e. The number of aromatic nitrogens is 2. The largest absolute Gasteiger partial charge is 0.494 e. The maximum absolute atomic E-state index is 15.3. The maximum Gasteiger partial charge on any atom is 0.362 e. The lowest BCUT2D eigenvalue weighted by molar-refractivity contribution is -0.136. The molecule has 3 N–H and O–H groups in total. The topological polar surface area (TPSA) is 171 Å². The fraction of sp³-hybridized carbons (Fsp3) is 0.405. The van der Waals surface area contributed by atoms with Crippen molar-refractivity contribution in [1.82, 2.24) is 30.0 Å². The number of ether oxygens (including phenoxy) is 1. The van der Waals surface area contributed by atoms with Gasteiger partial charge in [0, 0.05) is 77.7 Å². The monoisotopic (exact) mass is 875 g/mol. The summed E-state index contributed by atoms with van der Waals surface area (Å²) in [5, 5.41) is 9.26. The summed E-state index contributed by atoms with van der Waals surface area (Å²) < 4.78 is 44.8. The molecule has 5 heterocycles. The van der Waals surface area contributed by atoms with Gasteiger partial charge in [0.25, 0.3) is 5.91 Å². The van der Waals surface area contributed by atoms with E-state index in [2.05, 4.69) is 40.6 Å². The zero-order valence-electron chi connectivity index (χ0n) is 34.2. The number of para-hydroxylation sites is 1. The molecule has 0 bridgehead atoms. The molecule has 1 aromatic heterocycles. The van der Waals surface area contributed by atoms with Gasteiger partial charge in [-0.2, -0.15) is 4.98 Å². The Balaban J connectivity index is 0.838. The van der Waals surface area contributed by atoms with Gasteiger partial charge in [-0.25, -0.2) is 9.37 Å². The van der Waals surface area contributed by atoms with Crippen molar-refractivity contribution in [3.63, 3.8) is 0 Å². The molecule has 3 saturated heterocycles. The summed E-state index contributed by atoms with van der Waals surface area (Å²) in [6, 6.07) is 15.9. The molecule has 4 aliphatic rings. The fourth-order valence-electron chi connectivity index (χ4n) is 8.69. The Morgan fingerprint density at radius 2 is 1.67 bits per heavy atom. The van der Waals surface area contributed by atoms with E-state index >= 15 is 4.39 Å². The number of halogens is 2. The van der Waals surface area contributed by atoms with Crippen LogP contribution in [-0.4, -0.2) is 115 Å². The van der Waals surface area contributed by atoms with Gasteiger partial charge in [-0.3, -0.25) is 34.1 Å². The smallest absolute Gasteiger partial charge is 0.362 e. The number of piperidine rings is 2. The van der Waals surface area contributed by atoms with E-state index in [-0.39, 0.29) is 41.8 Å². The summed E-state index contributed by atoms with van der Waals surface area (Å²) in [6.07, 6.45) is 3.86. The van der Waals surface area contributed by atoms with E-state index in [1.165, 1.54) is 31.4 Å². The van der Waals surface area contributed by atoms with Crippen LogP contribution in [0.1, 0.15) is 47.2 Å². The summed E-state index contributed by atoms with van der Waals surface area (Å²) in [4.78, 5) is 54.8. The van der Waals surface area contributed by atoms with Gasteiger partial charge in [0.2, 0.25) is 17.8 Å². The average Bonchev–Trinajstić information content (AvgIpc) is 3.60. The van der Waals surface area contributed by atoms with Gasteiger partial charge in [0.15, 0.2) is 5.82 Å². The molecular formula is C42H48ClFN9O7P. The highest BCUT2D eigenvalue weighted by molar-refractivity contribution is 7.62. The zero-order valence-corrected chi connectivity index (χ0v) is 35.8. The van der Waals surface area contributed by atoms with E-state index in [1.807, 2.05) is 24.3 Å². The summed E-state index contributed by atoms with van der Waals surface area (Å²) in [5.41, 5.74) is 3.58. The predicted molar refractivity (Wildman–Crippen MR) is 229 cm³/mol. The number of imide groups is 1. The van der Waals surface area contributed by atoms with Gasteiger partial charge < -0.3 is 34.2 Å². The third kappa shape index (κ3) is 8.94. The van der Waals surface area contributed by atoms with Crippen molar-refractivity contribution in [3.05, 3.63) is 88.3 Å². The average molecular weight is 876 g/mol. The molecule has 4 aliphatic heterocycles. The molecule has 0 spiro atoms. The Bertz CT molecular complexity index is 2370. The van der Waals surface area contributed by atoms with Crippen molar-refractivity contribution in [1.29, 1.82) is 0 Å². The minimum atomic E-state index is -3.57. The van der Waals surface area contributed by atoms with Crippen LogP contribution in [0.4, 0.5) is 33.2 Å². The number of rotatable bonds is 13. The molecule has 3 amide bonds. The van der Waals surface area contributed by atoms with Crippen LogP contribution in [0, 0.1) is 5.82 Å². The van der Waals surface area contributed by atoms with Crippen molar-refractivity contribution in [2.75, 3.05) is 76.1 Å². The van der Waals surface area contributed by atoms with E-state index in [1.54, 1.807) is 31.4 Å². The highest BCUT2D eigenvalue weighted by Gasteiger charge is 2.41. The van der Waals surface area contributed by atoms with Crippen LogP contribution in [0.2, 0.25) is 5.02 Å². The number of hydrogen-bond donors (Lipinski definition) is 3. The molecular weight excluding hydrogens is 828 g/mol. The number of carbonyl (C=O) groups is 3. The standard InChI is InChI=1S/C42H48ClFN9O7P/c1-58-35-22-29(8-9-32(35)47-42-45-23-30(43)39(49-42)46-33-6-4-5-7-36(33)61(57,59-2)60-3)52-18-16-51(17-19-52)28-12-14-50(15-13-28)24-26-20-27-25-53(41(56)38(27)31(44)21-26)34-10-11-37(54)48-40(34)55/h4-9,20-23,28,34H,10-19,24-25H2,1-3H3,(H,48,54,55)(H2,45,46,47,49). The molecule has 19 heteroatoms. The minimum absolute atomic E-state index is 0.0256. The van der Waals surface area contributed by atoms with Crippen molar-refractivity contribution < 1.29 is 37.1 Å². The highest BCUT2D eigenvalue weighted by atomic mass is 35.5. The van der Waals surface area contributed by atoms with E-state index in [0.717, 1.165) is 63.4 Å². The van der Waals surface area contributed by atoms with E-state index in [4.69, 9.17) is 25.4 Å². The van der Waals surface area contributed by atoms with Crippen LogP contribution >= 0.6 is 19.2 Å². The number of carbonyl (C=O) groups excluding carboxylic acids is 3. The number of hydrogen-bond acceptors (Lipinski definition) is 14.